The van der Waals surface area contributed by atoms with E-state index in [1.54, 1.807) is 11.3 Å². The minimum absolute atomic E-state index is 0.318. The number of hydrogen-bond donors (Lipinski definition) is 3. The quantitative estimate of drug-likeness (QED) is 0.291. The first-order valence-electron chi connectivity index (χ1n) is 8.45. The van der Waals surface area contributed by atoms with Crippen LogP contribution in [0.25, 0.3) is 21.0 Å². The van der Waals surface area contributed by atoms with Crippen molar-refractivity contribution in [1.82, 2.24) is 9.88 Å². The molecular formula is C18H22N6S. The summed E-state index contributed by atoms with van der Waals surface area (Å²) >= 11 is 1.74. The standard InChI is InChI=1S/C18H22N6S/c1-24-7-2-3-12(10-24)21-18-14-6-8-25-16(14)13-5-4-11(17(19)23-20)9-15(13)22-18/h4-6,8-9,12H,2-3,7,10,20H2,1H3,(H2,19,23)(H,21,22). The smallest absolute Gasteiger partial charge is 0.150 e. The molecule has 3 aromatic rings. The molecule has 1 aromatic carbocycles. The average Bonchev–Trinajstić information content (AvgIpc) is 3.11. The summed E-state index contributed by atoms with van der Waals surface area (Å²) in [6.45, 7) is 2.20. The lowest BCUT2D eigenvalue weighted by Gasteiger charge is -2.30. The first-order chi connectivity index (χ1) is 12.2. The van der Waals surface area contributed by atoms with Crippen molar-refractivity contribution in [3.05, 3.63) is 35.2 Å². The fourth-order valence-electron chi connectivity index (χ4n) is 3.52. The Kier molecular flexibility index (Phi) is 4.19. The minimum Gasteiger partial charge on any atom is -0.382 e. The second-order valence-electron chi connectivity index (χ2n) is 6.62. The molecule has 0 spiro atoms. The lowest BCUT2D eigenvalue weighted by atomic mass is 10.1. The number of thiophene rings is 1. The number of nitrogens with one attached hydrogen (secondary N) is 1. The summed E-state index contributed by atoms with van der Waals surface area (Å²) < 4.78 is 1.24. The second-order valence-corrected chi connectivity index (χ2v) is 7.53. The molecule has 25 heavy (non-hydrogen) atoms. The van der Waals surface area contributed by atoms with Gasteiger partial charge in [-0.05, 0) is 43.9 Å². The number of pyridine rings is 1. The fourth-order valence-corrected chi connectivity index (χ4v) is 4.45. The van der Waals surface area contributed by atoms with E-state index in [0.29, 0.717) is 11.9 Å². The summed E-state index contributed by atoms with van der Waals surface area (Å²) in [5.74, 6) is 6.58. The summed E-state index contributed by atoms with van der Waals surface area (Å²) in [6.07, 6.45) is 2.38. The Hall–Kier alpha value is -2.38. The molecule has 0 saturated carbocycles. The highest BCUT2D eigenvalue weighted by Gasteiger charge is 2.19. The lowest BCUT2D eigenvalue weighted by Crippen LogP contribution is -2.39. The monoisotopic (exact) mass is 354 g/mol. The van der Waals surface area contributed by atoms with Gasteiger partial charge in [0, 0.05) is 33.6 Å². The summed E-state index contributed by atoms with van der Waals surface area (Å²) in [7, 11) is 2.17. The van der Waals surface area contributed by atoms with Gasteiger partial charge in [-0.25, -0.2) is 4.98 Å². The molecule has 5 N–H and O–H groups in total. The SMILES string of the molecule is CN1CCCC(Nc2nc3cc(/C(N)=N/N)ccc3c3sccc23)C1. The van der Waals surface area contributed by atoms with Crippen LogP contribution in [0.5, 0.6) is 0 Å². The molecule has 0 amide bonds. The largest absolute Gasteiger partial charge is 0.382 e. The Morgan fingerprint density at radius 3 is 3.04 bits per heavy atom. The number of hydrazone groups is 1. The third kappa shape index (κ3) is 3.01. The second kappa shape index (κ2) is 6.50. The van der Waals surface area contributed by atoms with Gasteiger partial charge in [-0.1, -0.05) is 12.1 Å². The lowest BCUT2D eigenvalue weighted by molar-refractivity contribution is 0.261. The van der Waals surface area contributed by atoms with Crippen molar-refractivity contribution in [1.29, 1.82) is 0 Å². The molecular weight excluding hydrogens is 332 g/mol. The highest BCUT2D eigenvalue weighted by atomic mass is 32.1. The third-order valence-electron chi connectivity index (χ3n) is 4.80. The average molecular weight is 354 g/mol. The van der Waals surface area contributed by atoms with Crippen LogP contribution < -0.4 is 16.9 Å². The van der Waals surface area contributed by atoms with Gasteiger partial charge in [0.25, 0.3) is 0 Å². The molecule has 0 radical (unpaired) electrons. The van der Waals surface area contributed by atoms with Crippen LogP contribution in [-0.4, -0.2) is 41.9 Å². The molecule has 1 aliphatic heterocycles. The molecule has 2 aromatic heterocycles. The Labute approximate surface area is 150 Å². The maximum absolute atomic E-state index is 5.86. The normalized spacial score (nSPS) is 19.6. The summed E-state index contributed by atoms with van der Waals surface area (Å²) in [5.41, 5.74) is 7.56. The van der Waals surface area contributed by atoms with Crippen LogP contribution in [0.1, 0.15) is 18.4 Å². The third-order valence-corrected chi connectivity index (χ3v) is 5.74. The molecule has 0 bridgehead atoms. The maximum atomic E-state index is 5.86. The Morgan fingerprint density at radius 2 is 2.24 bits per heavy atom. The van der Waals surface area contributed by atoms with Crippen molar-refractivity contribution >= 4 is 44.0 Å². The topological polar surface area (TPSA) is 92.6 Å². The van der Waals surface area contributed by atoms with Gasteiger partial charge in [0.2, 0.25) is 0 Å². The summed E-state index contributed by atoms with van der Waals surface area (Å²) in [6, 6.07) is 8.51. The van der Waals surface area contributed by atoms with Crippen LogP contribution in [0.2, 0.25) is 0 Å². The van der Waals surface area contributed by atoms with Crippen molar-refractivity contribution in [2.75, 3.05) is 25.5 Å². The number of benzene rings is 1. The predicted octanol–water partition coefficient (Wildman–Crippen LogP) is 2.53. The number of amidine groups is 1. The van der Waals surface area contributed by atoms with E-state index in [-0.39, 0.29) is 0 Å². The molecule has 1 saturated heterocycles. The number of fused-ring (bicyclic) bond motifs is 3. The van der Waals surface area contributed by atoms with Crippen molar-refractivity contribution in [2.24, 2.45) is 16.7 Å². The summed E-state index contributed by atoms with van der Waals surface area (Å²) in [4.78, 5) is 7.26. The maximum Gasteiger partial charge on any atom is 0.150 e. The Balaban J connectivity index is 1.80. The van der Waals surface area contributed by atoms with Crippen LogP contribution in [0.3, 0.4) is 0 Å². The van der Waals surface area contributed by atoms with Crippen molar-refractivity contribution in [2.45, 2.75) is 18.9 Å². The number of nitrogens with two attached hydrogens (primary N) is 2. The van der Waals surface area contributed by atoms with E-state index in [9.17, 15) is 0 Å². The van der Waals surface area contributed by atoms with E-state index in [1.165, 1.54) is 22.9 Å². The van der Waals surface area contributed by atoms with E-state index in [2.05, 4.69) is 33.8 Å². The van der Waals surface area contributed by atoms with Gasteiger partial charge in [-0.2, -0.15) is 5.10 Å². The Morgan fingerprint density at radius 1 is 1.36 bits per heavy atom. The number of anilines is 1. The predicted molar refractivity (Wildman–Crippen MR) is 106 cm³/mol. The Bertz CT molecular complexity index is 947. The molecule has 1 aliphatic rings. The highest BCUT2D eigenvalue weighted by molar-refractivity contribution is 7.18. The number of likely N-dealkylation sites (N-methyl/N-ethyl adjacent to an activating group) is 1. The molecule has 1 fully saturated rings. The van der Waals surface area contributed by atoms with Crippen LogP contribution in [0.15, 0.2) is 34.7 Å². The number of hydrogen-bond acceptors (Lipinski definition) is 6. The first-order valence-corrected chi connectivity index (χ1v) is 9.33. The number of likely N-dealkylation sites (tertiary alicyclic amines) is 1. The van der Waals surface area contributed by atoms with E-state index in [1.807, 2.05) is 18.2 Å². The molecule has 130 valence electrons. The van der Waals surface area contributed by atoms with Crippen LogP contribution in [-0.2, 0) is 0 Å². The van der Waals surface area contributed by atoms with Crippen molar-refractivity contribution in [3.8, 4) is 0 Å². The van der Waals surface area contributed by atoms with Gasteiger partial charge in [-0.3, -0.25) is 0 Å². The molecule has 1 atom stereocenters. The fraction of sp³-hybridized carbons (Fsp3) is 0.333. The van der Waals surface area contributed by atoms with Gasteiger partial charge in [0.05, 0.1) is 5.52 Å². The number of rotatable bonds is 3. The van der Waals surface area contributed by atoms with Crippen molar-refractivity contribution in [3.63, 3.8) is 0 Å². The molecule has 7 heteroatoms. The van der Waals surface area contributed by atoms with Gasteiger partial charge in [0.15, 0.2) is 0 Å². The van der Waals surface area contributed by atoms with Gasteiger partial charge in [0.1, 0.15) is 11.7 Å². The summed E-state index contributed by atoms with van der Waals surface area (Å²) in [5, 5.41) is 11.7. The minimum atomic E-state index is 0.318. The number of piperidine rings is 1. The molecule has 1 unspecified atom stereocenters. The van der Waals surface area contributed by atoms with Crippen LogP contribution in [0, 0.1) is 0 Å². The number of aromatic nitrogens is 1. The first kappa shape index (κ1) is 16.1. The molecule has 4 rings (SSSR count). The highest BCUT2D eigenvalue weighted by Crippen LogP contribution is 2.34. The zero-order chi connectivity index (χ0) is 17.4. The number of nitrogens with zero attached hydrogens (tertiary/aromatic N) is 3. The van der Waals surface area contributed by atoms with E-state index in [0.717, 1.165) is 35.4 Å². The molecule has 6 nitrogen and oxygen atoms in total. The zero-order valence-electron chi connectivity index (χ0n) is 14.2. The zero-order valence-corrected chi connectivity index (χ0v) is 15.0. The van der Waals surface area contributed by atoms with Crippen molar-refractivity contribution < 1.29 is 0 Å². The van der Waals surface area contributed by atoms with Gasteiger partial charge in [-0.15, -0.1) is 11.3 Å². The molecule has 0 aliphatic carbocycles. The van der Waals surface area contributed by atoms with Gasteiger partial charge < -0.3 is 21.8 Å². The van der Waals surface area contributed by atoms with Crippen LogP contribution in [0.4, 0.5) is 5.82 Å². The molecule has 3 heterocycles. The van der Waals surface area contributed by atoms with E-state index >= 15 is 0 Å². The van der Waals surface area contributed by atoms with Crippen LogP contribution >= 0.6 is 11.3 Å². The van der Waals surface area contributed by atoms with E-state index < -0.39 is 0 Å². The van der Waals surface area contributed by atoms with Gasteiger partial charge >= 0.3 is 0 Å². The van der Waals surface area contributed by atoms with E-state index in [4.69, 9.17) is 16.6 Å².